The van der Waals surface area contributed by atoms with Crippen molar-refractivity contribution in [1.29, 1.82) is 0 Å². The number of ether oxygens (including phenoxy) is 9. The van der Waals surface area contributed by atoms with Crippen molar-refractivity contribution in [1.82, 2.24) is 0 Å². The summed E-state index contributed by atoms with van der Waals surface area (Å²) in [5.74, 6) is 2.81. The van der Waals surface area contributed by atoms with Crippen molar-refractivity contribution in [3.63, 3.8) is 0 Å². The molecule has 0 radical (unpaired) electrons. The highest BCUT2D eigenvalue weighted by atomic mass is 32.2. The van der Waals surface area contributed by atoms with Gasteiger partial charge < -0.3 is 42.6 Å². The van der Waals surface area contributed by atoms with E-state index < -0.39 is 56.5 Å². The molecule has 0 amide bonds. The molecular weight excluding hydrogens is 1480 g/mol. The van der Waals surface area contributed by atoms with E-state index in [4.69, 9.17) is 42.6 Å². The number of esters is 3. The fourth-order valence-electron chi connectivity index (χ4n) is 16.8. The van der Waals surface area contributed by atoms with Crippen LogP contribution in [0.25, 0.3) is 11.1 Å². The van der Waals surface area contributed by atoms with Crippen LogP contribution in [0.2, 0.25) is 0 Å². The number of carbonyl (C=O) groups excluding carboxylic acids is 3. The van der Waals surface area contributed by atoms with E-state index in [2.05, 4.69) is 194 Å². The van der Waals surface area contributed by atoms with Gasteiger partial charge in [-0.1, -0.05) is 121 Å². The first-order chi connectivity index (χ1) is 55.2. The topological polar surface area (TPSA) is 134 Å². The van der Waals surface area contributed by atoms with Crippen LogP contribution < -0.4 is 28.4 Å². The first kappa shape index (κ1) is 78.2. The van der Waals surface area contributed by atoms with Crippen LogP contribution >= 0.6 is 0 Å². The van der Waals surface area contributed by atoms with Crippen LogP contribution in [0.3, 0.4) is 0 Å². The summed E-state index contributed by atoms with van der Waals surface area (Å²) in [5, 5.41) is 0. The zero-order valence-corrected chi connectivity index (χ0v) is 68.9. The zero-order chi connectivity index (χ0) is 79.4. The van der Waals surface area contributed by atoms with Crippen LogP contribution in [0, 0.1) is 41.5 Å². The molecule has 12 nitrogen and oxygen atoms in total. The second kappa shape index (κ2) is 33.5. The van der Waals surface area contributed by atoms with Gasteiger partial charge in [0.2, 0.25) is 0 Å². The molecule has 5 atom stereocenters. The average molecular weight is 1570 g/mol. The Morgan fingerprint density at radius 3 is 1.24 bits per heavy atom. The smallest absolute Gasteiger partial charge is 0.345 e. The number of fused-ring (bicyclic) bond motifs is 3. The van der Waals surface area contributed by atoms with E-state index in [-0.39, 0.29) is 37.3 Å². The van der Waals surface area contributed by atoms with Gasteiger partial charge in [-0.25, -0.2) is 14.4 Å². The Labute approximate surface area is 678 Å². The second-order valence-electron chi connectivity index (χ2n) is 30.3. The standard InChI is InChI=1S/C99H95O12S3/c1-64-51-81(112(75-30-16-12-17-31-75)76-32-18-13-19-33-76)52-65(2)94(64)108-63-91(102)111-99(9)50-47-85-87(104-11)44-42-84(93(85)99)72-29-25-39-80(59-72)114(78-36-22-15-23-37-78)83-55-68(5)96(69(6)56-83)107-62-90(101)110-98(8)49-45-71-28-26-40-88(92(71)98)105-60-70-27-24-38-79(57-70)113(77-34-20-14-21-35-77)82-53-66(3)95(67(4)54-82)106-61-89(100)109-97(7)48-46-73-58-74(103-10)41-43-86(73)97/h12-44,51-59H,45-50,60-63H2,1-11H3/q+3. The molecule has 0 N–H and O–H groups in total. The van der Waals surface area contributed by atoms with Crippen molar-refractivity contribution in [2.75, 3.05) is 34.0 Å². The molecule has 0 aromatic heterocycles. The van der Waals surface area contributed by atoms with Crippen LogP contribution in [0.4, 0.5) is 0 Å². The highest BCUT2D eigenvalue weighted by Gasteiger charge is 2.45. The molecule has 15 rings (SSSR count). The molecule has 0 aliphatic heterocycles. The van der Waals surface area contributed by atoms with Crippen LogP contribution in [-0.4, -0.2) is 51.9 Å². The third kappa shape index (κ3) is 16.4. The van der Waals surface area contributed by atoms with Gasteiger partial charge >= 0.3 is 17.9 Å². The van der Waals surface area contributed by atoms with Gasteiger partial charge in [-0.2, -0.15) is 0 Å². The lowest BCUT2D eigenvalue weighted by atomic mass is 9.89. The molecule has 0 saturated heterocycles. The second-order valence-corrected chi connectivity index (χ2v) is 36.3. The van der Waals surface area contributed by atoms with Gasteiger partial charge in [0, 0.05) is 65.2 Å². The lowest BCUT2D eigenvalue weighted by Crippen LogP contribution is -2.30. The Hall–Kier alpha value is -11.1. The Morgan fingerprint density at radius 1 is 0.342 bits per heavy atom. The Kier molecular flexibility index (Phi) is 23.0. The summed E-state index contributed by atoms with van der Waals surface area (Å²) >= 11 is 0. The quantitative estimate of drug-likeness (QED) is 0.0276. The summed E-state index contributed by atoms with van der Waals surface area (Å²) in [6, 6.07) is 88.6. The van der Waals surface area contributed by atoms with Crippen LogP contribution in [0.1, 0.15) is 112 Å². The highest BCUT2D eigenvalue weighted by molar-refractivity contribution is 7.97. The molecule has 578 valence electrons. The molecule has 0 heterocycles. The number of aryl methyl sites for hydroxylation is 8. The van der Waals surface area contributed by atoms with Gasteiger partial charge in [0.25, 0.3) is 0 Å². The molecule has 12 aromatic carbocycles. The molecule has 3 aliphatic carbocycles. The van der Waals surface area contributed by atoms with Gasteiger partial charge in [-0.15, -0.1) is 0 Å². The normalized spacial score (nSPS) is 17.1. The van der Waals surface area contributed by atoms with E-state index in [9.17, 15) is 14.4 Å². The predicted octanol–water partition coefficient (Wildman–Crippen LogP) is 21.4. The van der Waals surface area contributed by atoms with Crippen molar-refractivity contribution in [2.24, 2.45) is 0 Å². The molecule has 0 bridgehead atoms. The third-order valence-electron chi connectivity index (χ3n) is 22.0. The number of benzene rings is 12. The molecule has 3 aliphatic rings. The minimum Gasteiger partial charge on any atom is -0.497 e. The van der Waals surface area contributed by atoms with E-state index >= 15 is 0 Å². The van der Waals surface area contributed by atoms with Crippen LogP contribution in [0.5, 0.6) is 34.5 Å². The Bertz CT molecular complexity index is 5470. The molecular formula is C99H95O12S3+3. The summed E-state index contributed by atoms with van der Waals surface area (Å²) in [6.45, 7) is 17.7. The lowest BCUT2D eigenvalue weighted by Gasteiger charge is -2.28. The van der Waals surface area contributed by atoms with E-state index in [1.165, 1.54) is 14.7 Å². The van der Waals surface area contributed by atoms with Crippen molar-refractivity contribution in [3.05, 3.63) is 327 Å². The van der Waals surface area contributed by atoms with Gasteiger partial charge in [0.1, 0.15) is 57.9 Å². The summed E-state index contributed by atoms with van der Waals surface area (Å²) < 4.78 is 56.8. The maximum Gasteiger partial charge on any atom is 0.345 e. The summed E-state index contributed by atoms with van der Waals surface area (Å²) in [4.78, 5) is 52.4. The first-order valence-electron chi connectivity index (χ1n) is 38.8. The number of hydrogen-bond acceptors (Lipinski definition) is 12. The van der Waals surface area contributed by atoms with Gasteiger partial charge in [0.15, 0.2) is 63.9 Å². The number of rotatable bonds is 27. The summed E-state index contributed by atoms with van der Waals surface area (Å²) in [5.41, 5.74) is 11.7. The fraction of sp³-hybridized carbons (Fsp3) is 0.242. The molecule has 0 fully saturated rings. The number of hydrogen-bond donors (Lipinski definition) is 0. The lowest BCUT2D eigenvalue weighted by molar-refractivity contribution is -0.162. The summed E-state index contributed by atoms with van der Waals surface area (Å²) in [6.07, 6.45) is 4.02. The maximum absolute atomic E-state index is 14.3. The SMILES string of the molecule is COc1ccc2c(c1)CCC2(C)OC(=O)COc1c(C)cc([S+](c2ccccc2)c2cccc(COc3cccc4c3C(C)(OC(=O)COc3c(C)cc([S+](c5ccccc5)c5cccc(-c6ccc(OC)c7c6C(C)(OC(=O)COc6c(C)cc([S+](c8ccccc8)c8ccccc8)cc6C)CC7)c5)cc3C)CC4)c2)cc1C. The van der Waals surface area contributed by atoms with Crippen molar-refractivity contribution < 1.29 is 57.0 Å². The largest absolute Gasteiger partial charge is 0.497 e. The molecule has 15 heteroatoms. The number of methoxy groups -OCH3 is 2. The third-order valence-corrected chi connectivity index (χ3v) is 28.5. The monoisotopic (exact) mass is 1570 g/mol. The number of carbonyl (C=O) groups is 3. The van der Waals surface area contributed by atoms with Crippen molar-refractivity contribution in [3.8, 4) is 45.6 Å². The Balaban J connectivity index is 0.612. The first-order valence-corrected chi connectivity index (χ1v) is 42.5. The van der Waals surface area contributed by atoms with Crippen molar-refractivity contribution in [2.45, 2.75) is 168 Å². The molecule has 5 unspecified atom stereocenters. The minimum atomic E-state index is -0.987. The van der Waals surface area contributed by atoms with Crippen LogP contribution in [-0.2, 0) is 104 Å². The van der Waals surface area contributed by atoms with Gasteiger partial charge in [-0.05, 0) is 253 Å². The van der Waals surface area contributed by atoms with Crippen molar-refractivity contribution >= 4 is 50.6 Å². The van der Waals surface area contributed by atoms with E-state index in [0.29, 0.717) is 55.1 Å². The van der Waals surface area contributed by atoms with E-state index in [1.807, 2.05) is 123 Å². The van der Waals surface area contributed by atoms with E-state index in [1.54, 1.807) is 14.2 Å². The molecule has 0 spiro atoms. The Morgan fingerprint density at radius 2 is 0.754 bits per heavy atom. The highest BCUT2D eigenvalue weighted by Crippen LogP contribution is 2.51. The molecule has 12 aromatic rings. The minimum absolute atomic E-state index is 0.216. The maximum atomic E-state index is 14.3. The summed E-state index contributed by atoms with van der Waals surface area (Å²) in [7, 11) is 1.88. The van der Waals surface area contributed by atoms with Gasteiger partial charge in [0.05, 0.1) is 46.9 Å². The molecule has 114 heavy (non-hydrogen) atoms. The fourth-order valence-corrected chi connectivity index (χ4v) is 23.7. The van der Waals surface area contributed by atoms with Crippen LogP contribution in [0.15, 0.2) is 299 Å². The molecule has 0 saturated carbocycles. The zero-order valence-electron chi connectivity index (χ0n) is 66.4. The average Bonchev–Trinajstić information content (AvgIpc) is 1.58. The predicted molar refractivity (Wildman–Crippen MR) is 450 cm³/mol. The van der Waals surface area contributed by atoms with E-state index in [0.717, 1.165) is 131 Å². The van der Waals surface area contributed by atoms with Gasteiger partial charge in [-0.3, -0.25) is 0 Å².